The minimum Gasteiger partial charge on any atom is -0.460 e. The Balaban J connectivity index is 1.78. The van der Waals surface area contributed by atoms with Crippen LogP contribution in [0.2, 0.25) is 0 Å². The van der Waals surface area contributed by atoms with Gasteiger partial charge in [-0.2, -0.15) is 0 Å². The van der Waals surface area contributed by atoms with Gasteiger partial charge in [0.15, 0.2) is 0 Å². The van der Waals surface area contributed by atoms with Crippen molar-refractivity contribution in [2.75, 3.05) is 12.4 Å². The molecule has 2 aromatic rings. The van der Waals surface area contributed by atoms with Crippen molar-refractivity contribution >= 4 is 23.6 Å². The fraction of sp³-hybridized carbons (Fsp3) is 0.318. The third-order valence-electron chi connectivity index (χ3n) is 5.29. The van der Waals surface area contributed by atoms with Crippen molar-refractivity contribution in [3.8, 4) is 0 Å². The number of benzene rings is 1. The van der Waals surface area contributed by atoms with E-state index in [1.807, 2.05) is 31.3 Å². The minimum absolute atomic E-state index is 0.298. The van der Waals surface area contributed by atoms with Crippen LogP contribution in [0, 0.1) is 11.3 Å². The molecule has 1 aromatic carbocycles. The third-order valence-corrected chi connectivity index (χ3v) is 5.29. The number of rotatable bonds is 3. The summed E-state index contributed by atoms with van der Waals surface area (Å²) in [6, 6.07) is 8.03. The first-order valence-corrected chi connectivity index (χ1v) is 8.99. The van der Waals surface area contributed by atoms with Gasteiger partial charge in [-0.15, -0.1) is 0 Å². The zero-order chi connectivity index (χ0) is 17.6. The van der Waals surface area contributed by atoms with Gasteiger partial charge in [0.2, 0.25) is 0 Å². The summed E-state index contributed by atoms with van der Waals surface area (Å²) in [4.78, 5) is 0. The number of anilines is 1. The Hall–Kier alpha value is -2.55. The van der Waals surface area contributed by atoms with E-state index >= 15 is 0 Å². The van der Waals surface area contributed by atoms with Gasteiger partial charge >= 0.3 is 0 Å². The van der Waals surface area contributed by atoms with Gasteiger partial charge in [0.25, 0.3) is 0 Å². The van der Waals surface area contributed by atoms with Gasteiger partial charge in [0.05, 0.1) is 5.71 Å². The SMILES string of the molecule is CNc1ccccc1C(=N)C1=Cc2c(oc3c2CC(C)C=C3)C(C)C1. The standard InChI is InChI=1S/C22H24N2O/c1-13-8-9-20-17(10-13)18-12-15(11-14(2)22(18)25-20)21(23)16-6-4-5-7-19(16)24-3/h4-9,12-14,23-24H,10-11H2,1-3H3. The zero-order valence-corrected chi connectivity index (χ0v) is 15.0. The summed E-state index contributed by atoms with van der Waals surface area (Å²) in [6.07, 6.45) is 8.39. The molecule has 2 unspecified atom stereocenters. The van der Waals surface area contributed by atoms with Crippen molar-refractivity contribution in [2.45, 2.75) is 32.6 Å². The highest BCUT2D eigenvalue weighted by Gasteiger charge is 2.29. The molecule has 0 saturated carbocycles. The maximum absolute atomic E-state index is 8.78. The molecule has 25 heavy (non-hydrogen) atoms. The van der Waals surface area contributed by atoms with Crippen molar-refractivity contribution in [3.05, 3.63) is 64.1 Å². The predicted molar refractivity (Wildman–Crippen MR) is 104 cm³/mol. The van der Waals surface area contributed by atoms with E-state index in [0.717, 1.165) is 41.2 Å². The topological polar surface area (TPSA) is 49.0 Å². The lowest BCUT2D eigenvalue weighted by Gasteiger charge is -2.21. The van der Waals surface area contributed by atoms with E-state index in [9.17, 15) is 0 Å². The Bertz CT molecular complexity index is 901. The summed E-state index contributed by atoms with van der Waals surface area (Å²) in [6.45, 7) is 4.44. The van der Waals surface area contributed by atoms with Crippen LogP contribution in [-0.4, -0.2) is 12.8 Å². The lowest BCUT2D eigenvalue weighted by molar-refractivity contribution is 0.461. The van der Waals surface area contributed by atoms with Crippen LogP contribution >= 0.6 is 0 Å². The van der Waals surface area contributed by atoms with Crippen molar-refractivity contribution in [3.63, 3.8) is 0 Å². The maximum Gasteiger partial charge on any atom is 0.130 e. The fourth-order valence-electron chi connectivity index (χ4n) is 3.95. The van der Waals surface area contributed by atoms with Crippen LogP contribution in [-0.2, 0) is 6.42 Å². The Kier molecular flexibility index (Phi) is 3.87. The van der Waals surface area contributed by atoms with Crippen LogP contribution in [0.1, 0.15) is 54.4 Å². The quantitative estimate of drug-likeness (QED) is 0.731. The first-order valence-electron chi connectivity index (χ1n) is 8.99. The van der Waals surface area contributed by atoms with E-state index in [4.69, 9.17) is 9.83 Å². The molecule has 3 heteroatoms. The molecule has 1 heterocycles. The van der Waals surface area contributed by atoms with Crippen molar-refractivity contribution in [1.29, 1.82) is 5.41 Å². The van der Waals surface area contributed by atoms with Gasteiger partial charge in [-0.25, -0.2) is 0 Å². The summed E-state index contributed by atoms with van der Waals surface area (Å²) < 4.78 is 6.15. The number of hydrogen-bond donors (Lipinski definition) is 2. The van der Waals surface area contributed by atoms with Crippen molar-refractivity contribution in [2.24, 2.45) is 5.92 Å². The fourth-order valence-corrected chi connectivity index (χ4v) is 3.95. The summed E-state index contributed by atoms with van der Waals surface area (Å²) in [5.74, 6) is 2.93. The summed E-state index contributed by atoms with van der Waals surface area (Å²) in [5.41, 5.74) is 6.18. The minimum atomic E-state index is 0.298. The second-order valence-electron chi connectivity index (χ2n) is 7.21. The molecule has 0 radical (unpaired) electrons. The second-order valence-corrected chi connectivity index (χ2v) is 7.21. The van der Waals surface area contributed by atoms with Crippen LogP contribution < -0.4 is 5.32 Å². The number of para-hydroxylation sites is 1. The molecule has 0 saturated heterocycles. The van der Waals surface area contributed by atoms with E-state index in [0.29, 0.717) is 17.5 Å². The number of fused-ring (bicyclic) bond motifs is 3. The number of hydrogen-bond acceptors (Lipinski definition) is 3. The van der Waals surface area contributed by atoms with Crippen molar-refractivity contribution < 1.29 is 4.42 Å². The second kappa shape index (κ2) is 6.07. The molecule has 0 aliphatic heterocycles. The van der Waals surface area contributed by atoms with Gasteiger partial charge in [-0.3, -0.25) is 5.41 Å². The number of nitrogens with one attached hydrogen (secondary N) is 2. The average Bonchev–Trinajstić information content (AvgIpc) is 2.99. The Morgan fingerprint density at radius 1 is 1.20 bits per heavy atom. The number of allylic oxidation sites excluding steroid dienone is 2. The van der Waals surface area contributed by atoms with Gasteiger partial charge in [0, 0.05) is 35.3 Å². The number of furan rings is 1. The molecule has 0 fully saturated rings. The van der Waals surface area contributed by atoms with E-state index < -0.39 is 0 Å². The highest BCUT2D eigenvalue weighted by Crippen LogP contribution is 2.42. The molecule has 128 valence electrons. The monoisotopic (exact) mass is 332 g/mol. The molecular weight excluding hydrogens is 308 g/mol. The Labute approximate surface area is 149 Å². The largest absolute Gasteiger partial charge is 0.460 e. The van der Waals surface area contributed by atoms with Gasteiger partial charge in [0.1, 0.15) is 11.5 Å². The van der Waals surface area contributed by atoms with Crippen LogP contribution in [0.25, 0.3) is 12.2 Å². The molecule has 4 rings (SSSR count). The lowest BCUT2D eigenvalue weighted by atomic mass is 9.82. The molecule has 1 aromatic heterocycles. The zero-order valence-electron chi connectivity index (χ0n) is 15.0. The normalized spacial score (nSPS) is 21.3. The van der Waals surface area contributed by atoms with E-state index in [1.165, 1.54) is 11.1 Å². The van der Waals surface area contributed by atoms with Crippen LogP contribution in [0.15, 0.2) is 40.3 Å². The summed E-state index contributed by atoms with van der Waals surface area (Å²) in [7, 11) is 1.91. The van der Waals surface area contributed by atoms with Gasteiger partial charge < -0.3 is 9.73 Å². The average molecular weight is 332 g/mol. The Morgan fingerprint density at radius 3 is 2.80 bits per heavy atom. The van der Waals surface area contributed by atoms with E-state index in [2.05, 4.69) is 37.4 Å². The molecule has 3 nitrogen and oxygen atoms in total. The van der Waals surface area contributed by atoms with Gasteiger partial charge in [-0.05, 0) is 42.6 Å². The lowest BCUT2D eigenvalue weighted by Crippen LogP contribution is -2.13. The van der Waals surface area contributed by atoms with E-state index in [1.54, 1.807) is 0 Å². The molecule has 2 atom stereocenters. The first-order chi connectivity index (χ1) is 12.1. The highest BCUT2D eigenvalue weighted by molar-refractivity contribution is 6.16. The van der Waals surface area contributed by atoms with Gasteiger partial charge in [-0.1, -0.05) is 38.1 Å². The molecule has 0 spiro atoms. The summed E-state index contributed by atoms with van der Waals surface area (Å²) >= 11 is 0. The Morgan fingerprint density at radius 2 is 2.00 bits per heavy atom. The molecule has 2 aliphatic rings. The van der Waals surface area contributed by atoms with Crippen LogP contribution in [0.3, 0.4) is 0 Å². The third kappa shape index (κ3) is 2.64. The van der Waals surface area contributed by atoms with E-state index in [-0.39, 0.29) is 0 Å². The molecule has 2 aliphatic carbocycles. The maximum atomic E-state index is 8.78. The molecule has 2 N–H and O–H groups in total. The highest BCUT2D eigenvalue weighted by atomic mass is 16.3. The van der Waals surface area contributed by atoms with Crippen LogP contribution in [0.5, 0.6) is 0 Å². The summed E-state index contributed by atoms with van der Waals surface area (Å²) in [5, 5.41) is 12.0. The van der Waals surface area contributed by atoms with Crippen molar-refractivity contribution in [1.82, 2.24) is 0 Å². The van der Waals surface area contributed by atoms with Crippen LogP contribution in [0.4, 0.5) is 5.69 Å². The first kappa shape index (κ1) is 15.9. The smallest absolute Gasteiger partial charge is 0.130 e. The molecule has 0 amide bonds. The molecular formula is C22H24N2O. The molecule has 0 bridgehead atoms. The predicted octanol–water partition coefficient (Wildman–Crippen LogP) is 5.49.